The van der Waals surface area contributed by atoms with E-state index in [0.29, 0.717) is 6.54 Å². The molecule has 18 heavy (non-hydrogen) atoms. The van der Waals surface area contributed by atoms with Crippen molar-refractivity contribution in [2.45, 2.75) is 13.3 Å². The van der Waals surface area contributed by atoms with Gasteiger partial charge in [0.1, 0.15) is 5.75 Å². The molecule has 0 amide bonds. The van der Waals surface area contributed by atoms with Gasteiger partial charge >= 0.3 is 0 Å². The van der Waals surface area contributed by atoms with Gasteiger partial charge in [0, 0.05) is 19.7 Å². The summed E-state index contributed by atoms with van der Waals surface area (Å²) in [6.45, 7) is 4.57. The SMILES string of the molecule is COc1ccccc1N(CCCN)CC(C)CO. The zero-order valence-corrected chi connectivity index (χ0v) is 11.3. The van der Waals surface area contributed by atoms with Crippen molar-refractivity contribution < 1.29 is 9.84 Å². The molecule has 102 valence electrons. The van der Waals surface area contributed by atoms with E-state index in [1.807, 2.05) is 31.2 Å². The molecule has 0 aliphatic rings. The number of methoxy groups -OCH3 is 1. The third-order valence-corrected chi connectivity index (χ3v) is 2.90. The van der Waals surface area contributed by atoms with Gasteiger partial charge in [-0.05, 0) is 31.0 Å². The van der Waals surface area contributed by atoms with Crippen LogP contribution in [0.15, 0.2) is 24.3 Å². The highest BCUT2D eigenvalue weighted by atomic mass is 16.5. The molecule has 0 radical (unpaired) electrons. The lowest BCUT2D eigenvalue weighted by Gasteiger charge is -2.28. The van der Waals surface area contributed by atoms with Crippen molar-refractivity contribution in [3.63, 3.8) is 0 Å². The smallest absolute Gasteiger partial charge is 0.142 e. The Hall–Kier alpha value is -1.26. The first-order valence-electron chi connectivity index (χ1n) is 6.41. The molecule has 1 aromatic carbocycles. The molecule has 0 fully saturated rings. The van der Waals surface area contributed by atoms with Crippen LogP contribution in [0.4, 0.5) is 5.69 Å². The molecule has 0 saturated carbocycles. The number of hydrogen-bond donors (Lipinski definition) is 2. The van der Waals surface area contributed by atoms with Gasteiger partial charge in [0.05, 0.1) is 12.8 Å². The van der Waals surface area contributed by atoms with Gasteiger partial charge in [0.25, 0.3) is 0 Å². The summed E-state index contributed by atoms with van der Waals surface area (Å²) in [5.41, 5.74) is 6.65. The topological polar surface area (TPSA) is 58.7 Å². The van der Waals surface area contributed by atoms with E-state index < -0.39 is 0 Å². The summed E-state index contributed by atoms with van der Waals surface area (Å²) in [6.07, 6.45) is 0.927. The van der Waals surface area contributed by atoms with Crippen LogP contribution in [0.1, 0.15) is 13.3 Å². The average molecular weight is 252 g/mol. The fraction of sp³-hybridized carbons (Fsp3) is 0.571. The molecule has 0 spiro atoms. The van der Waals surface area contributed by atoms with Gasteiger partial charge in [-0.3, -0.25) is 0 Å². The summed E-state index contributed by atoms with van der Waals surface area (Å²) < 4.78 is 5.39. The zero-order valence-electron chi connectivity index (χ0n) is 11.3. The maximum atomic E-state index is 9.20. The van der Waals surface area contributed by atoms with Crippen LogP contribution >= 0.6 is 0 Å². The molecular formula is C14H24N2O2. The number of benzene rings is 1. The molecule has 3 N–H and O–H groups in total. The van der Waals surface area contributed by atoms with Crippen molar-refractivity contribution in [3.8, 4) is 5.75 Å². The van der Waals surface area contributed by atoms with E-state index in [1.165, 1.54) is 0 Å². The second-order valence-electron chi connectivity index (χ2n) is 4.55. The lowest BCUT2D eigenvalue weighted by molar-refractivity contribution is 0.239. The normalized spacial score (nSPS) is 12.2. The van der Waals surface area contributed by atoms with E-state index in [-0.39, 0.29) is 12.5 Å². The van der Waals surface area contributed by atoms with Crippen molar-refractivity contribution in [3.05, 3.63) is 24.3 Å². The van der Waals surface area contributed by atoms with Gasteiger partial charge < -0.3 is 20.5 Å². The summed E-state index contributed by atoms with van der Waals surface area (Å²) in [6, 6.07) is 7.95. The molecule has 4 heteroatoms. The molecule has 0 aliphatic carbocycles. The Morgan fingerprint density at radius 3 is 2.72 bits per heavy atom. The first kappa shape index (κ1) is 14.8. The number of nitrogens with two attached hydrogens (primary N) is 1. The summed E-state index contributed by atoms with van der Waals surface area (Å²) in [7, 11) is 1.68. The Balaban J connectivity index is 2.85. The average Bonchev–Trinajstić information content (AvgIpc) is 2.43. The lowest BCUT2D eigenvalue weighted by atomic mass is 10.1. The Bertz CT molecular complexity index is 344. The van der Waals surface area contributed by atoms with E-state index in [4.69, 9.17) is 10.5 Å². The van der Waals surface area contributed by atoms with Crippen LogP contribution in [-0.2, 0) is 0 Å². The number of aliphatic hydroxyl groups excluding tert-OH is 1. The predicted octanol–water partition coefficient (Wildman–Crippen LogP) is 1.48. The lowest BCUT2D eigenvalue weighted by Crippen LogP contribution is -2.32. The van der Waals surface area contributed by atoms with Crippen LogP contribution in [0, 0.1) is 5.92 Å². The number of nitrogens with zero attached hydrogens (tertiary/aromatic N) is 1. The van der Waals surface area contributed by atoms with Crippen molar-refractivity contribution in [2.75, 3.05) is 38.3 Å². The molecular weight excluding hydrogens is 228 g/mol. The molecule has 1 aromatic rings. The van der Waals surface area contributed by atoms with Crippen molar-refractivity contribution >= 4 is 5.69 Å². The van der Waals surface area contributed by atoms with Crippen LogP contribution in [0.25, 0.3) is 0 Å². The number of para-hydroxylation sites is 2. The van der Waals surface area contributed by atoms with Crippen LogP contribution in [-0.4, -0.2) is 38.5 Å². The maximum absolute atomic E-state index is 9.20. The summed E-state index contributed by atoms with van der Waals surface area (Å²) in [5, 5.41) is 9.20. The van der Waals surface area contributed by atoms with Crippen molar-refractivity contribution in [2.24, 2.45) is 11.7 Å². The second kappa shape index (κ2) is 7.95. The molecule has 4 nitrogen and oxygen atoms in total. The highest BCUT2D eigenvalue weighted by molar-refractivity contribution is 5.58. The number of rotatable bonds is 8. The number of anilines is 1. The van der Waals surface area contributed by atoms with Gasteiger partial charge in [0.2, 0.25) is 0 Å². The minimum Gasteiger partial charge on any atom is -0.495 e. The number of aliphatic hydroxyl groups is 1. The minimum atomic E-state index is 0.189. The van der Waals surface area contributed by atoms with Crippen molar-refractivity contribution in [1.82, 2.24) is 0 Å². The van der Waals surface area contributed by atoms with E-state index in [0.717, 1.165) is 30.9 Å². The molecule has 0 aliphatic heterocycles. The fourth-order valence-electron chi connectivity index (χ4n) is 1.92. The molecule has 1 rings (SSSR count). The minimum absolute atomic E-state index is 0.189. The molecule has 1 unspecified atom stereocenters. The maximum Gasteiger partial charge on any atom is 0.142 e. The Morgan fingerprint density at radius 1 is 1.39 bits per heavy atom. The first-order valence-corrected chi connectivity index (χ1v) is 6.41. The first-order chi connectivity index (χ1) is 8.72. The largest absolute Gasteiger partial charge is 0.495 e. The predicted molar refractivity (Wildman–Crippen MR) is 75.1 cm³/mol. The van der Waals surface area contributed by atoms with E-state index in [1.54, 1.807) is 7.11 Å². The standard InChI is InChI=1S/C14H24N2O2/c1-12(11-17)10-16(9-5-8-15)13-6-3-4-7-14(13)18-2/h3-4,6-7,12,17H,5,8-11,15H2,1-2H3. The summed E-state index contributed by atoms with van der Waals surface area (Å²) in [4.78, 5) is 2.23. The van der Waals surface area contributed by atoms with Crippen LogP contribution in [0.5, 0.6) is 5.75 Å². The molecule has 0 aromatic heterocycles. The van der Waals surface area contributed by atoms with Crippen LogP contribution in [0.3, 0.4) is 0 Å². The zero-order chi connectivity index (χ0) is 13.4. The number of hydrogen-bond acceptors (Lipinski definition) is 4. The molecule has 1 atom stereocenters. The summed E-state index contributed by atoms with van der Waals surface area (Å²) >= 11 is 0. The third kappa shape index (κ3) is 4.20. The second-order valence-corrected chi connectivity index (χ2v) is 4.55. The highest BCUT2D eigenvalue weighted by Gasteiger charge is 2.13. The van der Waals surface area contributed by atoms with Gasteiger partial charge in [-0.1, -0.05) is 19.1 Å². The monoisotopic (exact) mass is 252 g/mol. The molecule has 0 heterocycles. The quantitative estimate of drug-likeness (QED) is 0.736. The Morgan fingerprint density at radius 2 is 2.11 bits per heavy atom. The Labute approximate surface area is 109 Å². The van der Waals surface area contributed by atoms with Gasteiger partial charge in [0.15, 0.2) is 0 Å². The Kier molecular flexibility index (Phi) is 6.54. The van der Waals surface area contributed by atoms with Gasteiger partial charge in [-0.25, -0.2) is 0 Å². The molecule has 0 saturated heterocycles. The third-order valence-electron chi connectivity index (χ3n) is 2.90. The van der Waals surface area contributed by atoms with Gasteiger partial charge in [-0.15, -0.1) is 0 Å². The van der Waals surface area contributed by atoms with E-state index >= 15 is 0 Å². The highest BCUT2D eigenvalue weighted by Crippen LogP contribution is 2.28. The van der Waals surface area contributed by atoms with E-state index in [9.17, 15) is 5.11 Å². The van der Waals surface area contributed by atoms with Crippen LogP contribution < -0.4 is 15.4 Å². The van der Waals surface area contributed by atoms with Gasteiger partial charge in [-0.2, -0.15) is 0 Å². The van der Waals surface area contributed by atoms with Crippen LogP contribution in [0.2, 0.25) is 0 Å². The van der Waals surface area contributed by atoms with Crippen molar-refractivity contribution in [1.29, 1.82) is 0 Å². The fourth-order valence-corrected chi connectivity index (χ4v) is 1.92. The number of ether oxygens (including phenoxy) is 1. The molecule has 0 bridgehead atoms. The van der Waals surface area contributed by atoms with E-state index in [2.05, 4.69) is 4.90 Å². The summed E-state index contributed by atoms with van der Waals surface area (Å²) in [5.74, 6) is 1.09.